The molecule has 5 heteroatoms. The molecular formula is C22H28N2O2S. The Kier molecular flexibility index (Phi) is 6.32. The number of benzene rings is 1. The topological polar surface area (TPSA) is 49.4 Å². The zero-order valence-corrected chi connectivity index (χ0v) is 17.2. The van der Waals surface area contributed by atoms with Gasteiger partial charge in [-0.25, -0.2) is 0 Å². The monoisotopic (exact) mass is 384 g/mol. The third kappa shape index (κ3) is 4.41. The minimum atomic E-state index is -0.160. The van der Waals surface area contributed by atoms with Gasteiger partial charge in [-0.05, 0) is 49.3 Å². The predicted molar refractivity (Wildman–Crippen MR) is 112 cm³/mol. The molecule has 1 atom stereocenters. The smallest absolute Gasteiger partial charge is 0.256 e. The van der Waals surface area contributed by atoms with E-state index in [4.69, 9.17) is 0 Å². The summed E-state index contributed by atoms with van der Waals surface area (Å²) in [4.78, 5) is 28.9. The van der Waals surface area contributed by atoms with Gasteiger partial charge in [0.2, 0.25) is 0 Å². The average Bonchev–Trinajstić information content (AvgIpc) is 3.02. The summed E-state index contributed by atoms with van der Waals surface area (Å²) in [5.74, 6) is 0.487. The first kappa shape index (κ1) is 19.6. The largest absolute Gasteiger partial charge is 0.342 e. The van der Waals surface area contributed by atoms with E-state index in [0.717, 1.165) is 44.2 Å². The molecule has 1 aliphatic carbocycles. The van der Waals surface area contributed by atoms with Crippen LogP contribution < -0.4 is 5.32 Å². The maximum Gasteiger partial charge on any atom is 0.256 e. The first-order chi connectivity index (χ1) is 13.0. The van der Waals surface area contributed by atoms with Gasteiger partial charge in [0.15, 0.2) is 0 Å². The molecule has 3 rings (SSSR count). The summed E-state index contributed by atoms with van der Waals surface area (Å²) in [6.07, 6.45) is 5.03. The molecule has 144 valence electrons. The average molecular weight is 385 g/mol. The number of nitrogens with zero attached hydrogens (tertiary/aromatic N) is 1. The lowest BCUT2D eigenvalue weighted by molar-refractivity contribution is 0.0793. The van der Waals surface area contributed by atoms with E-state index >= 15 is 0 Å². The Balaban J connectivity index is 1.92. The minimum absolute atomic E-state index is 0.0267. The van der Waals surface area contributed by atoms with Crippen molar-refractivity contribution < 1.29 is 9.59 Å². The summed E-state index contributed by atoms with van der Waals surface area (Å²) in [5.41, 5.74) is 2.47. The Morgan fingerprint density at radius 2 is 2.00 bits per heavy atom. The summed E-state index contributed by atoms with van der Waals surface area (Å²) in [7, 11) is 1.86. The molecule has 0 aliphatic heterocycles. The molecule has 0 saturated heterocycles. The SMILES string of the molecule is CCCCN(C)C(=O)c1c(NC(=O)c2ccccc2)sc2c1CCC(C)C2. The van der Waals surface area contributed by atoms with Crippen LogP contribution in [0, 0.1) is 5.92 Å². The highest BCUT2D eigenvalue weighted by Gasteiger charge is 2.29. The molecule has 1 aliphatic rings. The van der Waals surface area contributed by atoms with E-state index in [9.17, 15) is 9.59 Å². The van der Waals surface area contributed by atoms with Gasteiger partial charge in [0.05, 0.1) is 5.56 Å². The molecule has 0 bridgehead atoms. The Morgan fingerprint density at radius 3 is 2.70 bits per heavy atom. The summed E-state index contributed by atoms with van der Waals surface area (Å²) >= 11 is 1.58. The van der Waals surface area contributed by atoms with Crippen molar-refractivity contribution in [3.8, 4) is 0 Å². The van der Waals surface area contributed by atoms with Crippen LogP contribution in [0.25, 0.3) is 0 Å². The van der Waals surface area contributed by atoms with Gasteiger partial charge >= 0.3 is 0 Å². The maximum atomic E-state index is 13.2. The lowest BCUT2D eigenvalue weighted by Crippen LogP contribution is -2.29. The molecule has 27 heavy (non-hydrogen) atoms. The van der Waals surface area contributed by atoms with Gasteiger partial charge in [-0.2, -0.15) is 0 Å². The van der Waals surface area contributed by atoms with Crippen LogP contribution in [0.15, 0.2) is 30.3 Å². The van der Waals surface area contributed by atoms with Crippen molar-refractivity contribution in [2.75, 3.05) is 18.9 Å². The number of anilines is 1. The standard InChI is InChI=1S/C22H28N2O2S/c1-4-5-13-24(3)22(26)19-17-12-11-15(2)14-18(17)27-21(19)23-20(25)16-9-7-6-8-10-16/h6-10,15H,4-5,11-14H2,1-3H3,(H,23,25). The fourth-order valence-electron chi connectivity index (χ4n) is 3.52. The first-order valence-electron chi connectivity index (χ1n) is 9.77. The van der Waals surface area contributed by atoms with Crippen molar-refractivity contribution in [1.82, 2.24) is 4.90 Å². The van der Waals surface area contributed by atoms with Crippen molar-refractivity contribution in [1.29, 1.82) is 0 Å². The molecule has 4 nitrogen and oxygen atoms in total. The number of fused-ring (bicyclic) bond motifs is 1. The van der Waals surface area contributed by atoms with Gasteiger partial charge in [0, 0.05) is 24.0 Å². The summed E-state index contributed by atoms with van der Waals surface area (Å²) < 4.78 is 0. The van der Waals surface area contributed by atoms with Gasteiger partial charge in [0.25, 0.3) is 11.8 Å². The van der Waals surface area contributed by atoms with Gasteiger partial charge in [-0.1, -0.05) is 38.5 Å². The van der Waals surface area contributed by atoms with Crippen LogP contribution in [0.3, 0.4) is 0 Å². The molecular weight excluding hydrogens is 356 g/mol. The van der Waals surface area contributed by atoms with E-state index in [0.29, 0.717) is 22.0 Å². The van der Waals surface area contributed by atoms with E-state index in [1.807, 2.05) is 25.2 Å². The van der Waals surface area contributed by atoms with Crippen LogP contribution in [-0.4, -0.2) is 30.3 Å². The van der Waals surface area contributed by atoms with Crippen molar-refractivity contribution in [2.24, 2.45) is 5.92 Å². The van der Waals surface area contributed by atoms with Gasteiger partial charge in [-0.3, -0.25) is 9.59 Å². The lowest BCUT2D eigenvalue weighted by Gasteiger charge is -2.21. The molecule has 2 aromatic rings. The second-order valence-corrected chi connectivity index (χ2v) is 8.56. The fourth-order valence-corrected chi connectivity index (χ4v) is 4.92. The van der Waals surface area contributed by atoms with Crippen molar-refractivity contribution in [3.05, 3.63) is 51.9 Å². The van der Waals surface area contributed by atoms with Crippen LogP contribution in [0.4, 0.5) is 5.00 Å². The van der Waals surface area contributed by atoms with E-state index < -0.39 is 0 Å². The van der Waals surface area contributed by atoms with Gasteiger partial charge in [-0.15, -0.1) is 11.3 Å². The lowest BCUT2D eigenvalue weighted by atomic mass is 9.88. The predicted octanol–water partition coefficient (Wildman–Crippen LogP) is 5.00. The number of carbonyl (C=O) groups is 2. The minimum Gasteiger partial charge on any atom is -0.342 e. The van der Waals surface area contributed by atoms with E-state index in [-0.39, 0.29) is 11.8 Å². The molecule has 0 saturated carbocycles. The first-order valence-corrected chi connectivity index (χ1v) is 10.6. The number of unbranched alkanes of at least 4 members (excludes halogenated alkanes) is 1. The molecule has 1 aromatic carbocycles. The number of rotatable bonds is 6. The van der Waals surface area contributed by atoms with E-state index in [1.54, 1.807) is 28.4 Å². The number of hydrogen-bond acceptors (Lipinski definition) is 3. The number of hydrogen-bond donors (Lipinski definition) is 1. The van der Waals surface area contributed by atoms with Crippen molar-refractivity contribution in [2.45, 2.75) is 46.0 Å². The van der Waals surface area contributed by atoms with Gasteiger partial charge in [0.1, 0.15) is 5.00 Å². The third-order valence-corrected chi connectivity index (χ3v) is 6.35. The van der Waals surface area contributed by atoms with E-state index in [2.05, 4.69) is 19.2 Å². The molecule has 1 heterocycles. The second kappa shape index (κ2) is 8.70. The quantitative estimate of drug-likeness (QED) is 0.762. The van der Waals surface area contributed by atoms with Crippen LogP contribution in [0.5, 0.6) is 0 Å². The van der Waals surface area contributed by atoms with Crippen LogP contribution >= 0.6 is 11.3 Å². The number of amides is 2. The molecule has 1 aromatic heterocycles. The van der Waals surface area contributed by atoms with Crippen LogP contribution in [0.2, 0.25) is 0 Å². The molecule has 0 radical (unpaired) electrons. The normalized spacial score (nSPS) is 15.9. The molecule has 0 fully saturated rings. The third-order valence-electron chi connectivity index (χ3n) is 5.18. The highest BCUT2D eigenvalue weighted by Crippen LogP contribution is 2.40. The number of nitrogens with one attached hydrogen (secondary N) is 1. The molecule has 1 N–H and O–H groups in total. The van der Waals surface area contributed by atoms with E-state index in [1.165, 1.54) is 4.88 Å². The Morgan fingerprint density at radius 1 is 1.26 bits per heavy atom. The van der Waals surface area contributed by atoms with Crippen molar-refractivity contribution >= 4 is 28.2 Å². The second-order valence-electron chi connectivity index (χ2n) is 7.46. The summed E-state index contributed by atoms with van der Waals surface area (Å²) in [6.45, 7) is 5.11. The Bertz CT molecular complexity index is 813. The molecule has 0 spiro atoms. The fraction of sp³-hybridized carbons (Fsp3) is 0.455. The van der Waals surface area contributed by atoms with Crippen LogP contribution in [-0.2, 0) is 12.8 Å². The number of thiophene rings is 1. The van der Waals surface area contributed by atoms with Crippen molar-refractivity contribution in [3.63, 3.8) is 0 Å². The van der Waals surface area contributed by atoms with Crippen LogP contribution in [0.1, 0.15) is 64.3 Å². The zero-order valence-electron chi connectivity index (χ0n) is 16.4. The number of carbonyl (C=O) groups excluding carboxylic acids is 2. The highest BCUT2D eigenvalue weighted by atomic mass is 32.1. The maximum absolute atomic E-state index is 13.2. The molecule has 2 amide bonds. The highest BCUT2D eigenvalue weighted by molar-refractivity contribution is 7.17. The molecule has 1 unspecified atom stereocenters. The zero-order chi connectivity index (χ0) is 19.4. The Hall–Kier alpha value is -2.14. The summed E-state index contributed by atoms with van der Waals surface area (Å²) in [6, 6.07) is 9.17. The Labute approximate surface area is 165 Å². The van der Waals surface area contributed by atoms with Gasteiger partial charge < -0.3 is 10.2 Å². The summed E-state index contributed by atoms with van der Waals surface area (Å²) in [5, 5.41) is 3.73.